The van der Waals surface area contributed by atoms with Crippen molar-refractivity contribution in [3.8, 4) is 11.8 Å². The molecular weight excluding hydrogens is 243 g/mol. The van der Waals surface area contributed by atoms with Gasteiger partial charge in [0.2, 0.25) is 0 Å². The van der Waals surface area contributed by atoms with Gasteiger partial charge in [-0.05, 0) is 37.8 Å². The Hall–Kier alpha value is -1.60. The van der Waals surface area contributed by atoms with E-state index in [4.69, 9.17) is 15.7 Å². The van der Waals surface area contributed by atoms with Crippen molar-refractivity contribution in [2.75, 3.05) is 6.61 Å². The molecule has 1 aromatic rings. The summed E-state index contributed by atoms with van der Waals surface area (Å²) in [5.41, 5.74) is 6.51. The van der Waals surface area contributed by atoms with Crippen molar-refractivity contribution in [2.45, 2.75) is 38.6 Å². The zero-order valence-electron chi connectivity index (χ0n) is 11.2. The van der Waals surface area contributed by atoms with Crippen LogP contribution in [0.15, 0.2) is 18.2 Å². The highest BCUT2D eigenvalue weighted by Gasteiger charge is 2.43. The average Bonchev–Trinajstić information content (AvgIpc) is 3.08. The molecule has 2 N–H and O–H groups in total. The Labute approximate surface area is 113 Å². The van der Waals surface area contributed by atoms with Gasteiger partial charge in [-0.2, -0.15) is 5.26 Å². The van der Waals surface area contributed by atoms with Crippen molar-refractivity contribution < 1.29 is 9.13 Å². The van der Waals surface area contributed by atoms with Crippen molar-refractivity contribution in [1.82, 2.24) is 0 Å². The molecule has 1 aliphatic carbocycles. The van der Waals surface area contributed by atoms with E-state index in [-0.39, 0.29) is 17.3 Å². The summed E-state index contributed by atoms with van der Waals surface area (Å²) in [5, 5.41) is 8.77. The van der Waals surface area contributed by atoms with E-state index >= 15 is 0 Å². The minimum Gasteiger partial charge on any atom is -0.490 e. The summed E-state index contributed by atoms with van der Waals surface area (Å²) in [6.07, 6.45) is 3.03. The molecule has 0 heterocycles. The van der Waals surface area contributed by atoms with E-state index in [9.17, 15) is 4.39 Å². The topological polar surface area (TPSA) is 59.0 Å². The zero-order valence-corrected chi connectivity index (χ0v) is 11.2. The Balaban J connectivity index is 2.09. The van der Waals surface area contributed by atoms with Crippen LogP contribution in [0.4, 0.5) is 4.39 Å². The molecule has 1 unspecified atom stereocenters. The zero-order chi connectivity index (χ0) is 13.9. The van der Waals surface area contributed by atoms with Crippen LogP contribution in [0.3, 0.4) is 0 Å². The quantitative estimate of drug-likeness (QED) is 0.857. The Morgan fingerprint density at radius 2 is 2.26 bits per heavy atom. The number of hydrogen-bond acceptors (Lipinski definition) is 3. The molecule has 1 aromatic carbocycles. The number of halogens is 1. The molecule has 19 heavy (non-hydrogen) atoms. The molecular formula is C15H19FN2O. The van der Waals surface area contributed by atoms with Crippen LogP contribution in [0, 0.1) is 22.6 Å². The number of rotatable bonds is 6. The molecule has 4 heteroatoms. The molecule has 0 aliphatic heterocycles. The van der Waals surface area contributed by atoms with Gasteiger partial charge in [-0.3, -0.25) is 0 Å². The highest BCUT2D eigenvalue weighted by Crippen LogP contribution is 2.49. The summed E-state index contributed by atoms with van der Waals surface area (Å²) < 4.78 is 19.5. The lowest BCUT2D eigenvalue weighted by Gasteiger charge is -2.17. The van der Waals surface area contributed by atoms with Crippen LogP contribution in [0.5, 0.6) is 5.75 Å². The fraction of sp³-hybridized carbons (Fsp3) is 0.533. The van der Waals surface area contributed by atoms with E-state index in [2.05, 4.69) is 6.07 Å². The van der Waals surface area contributed by atoms with E-state index in [0.29, 0.717) is 25.2 Å². The molecule has 1 atom stereocenters. The van der Waals surface area contributed by atoms with E-state index in [1.165, 1.54) is 6.07 Å². The third-order valence-corrected chi connectivity index (χ3v) is 3.52. The number of nitriles is 1. The smallest absolute Gasteiger partial charge is 0.165 e. The summed E-state index contributed by atoms with van der Waals surface area (Å²) in [5.74, 6) is -0.0603. The molecule has 0 aromatic heterocycles. The maximum atomic E-state index is 13.9. The second-order valence-electron chi connectivity index (χ2n) is 5.53. The Morgan fingerprint density at radius 3 is 2.84 bits per heavy atom. The van der Waals surface area contributed by atoms with Gasteiger partial charge >= 0.3 is 0 Å². The van der Waals surface area contributed by atoms with Crippen molar-refractivity contribution in [3.05, 3.63) is 29.6 Å². The first-order valence-corrected chi connectivity index (χ1v) is 6.59. The molecule has 2 rings (SSSR count). The monoisotopic (exact) mass is 262 g/mol. The van der Waals surface area contributed by atoms with Gasteiger partial charge in [-0.15, -0.1) is 0 Å². The number of nitrogens with zero attached hydrogens (tertiary/aromatic N) is 1. The molecule has 0 spiro atoms. The molecule has 1 saturated carbocycles. The molecule has 1 aliphatic rings. The Kier molecular flexibility index (Phi) is 4.06. The maximum absolute atomic E-state index is 13.9. The first-order chi connectivity index (χ1) is 9.06. The average molecular weight is 262 g/mol. The lowest BCUT2D eigenvalue weighted by Crippen LogP contribution is -2.19. The largest absolute Gasteiger partial charge is 0.490 e. The molecule has 3 nitrogen and oxygen atoms in total. The van der Waals surface area contributed by atoms with E-state index in [1.807, 2.05) is 13.0 Å². The van der Waals surface area contributed by atoms with Gasteiger partial charge in [0.1, 0.15) is 0 Å². The predicted molar refractivity (Wildman–Crippen MR) is 71.1 cm³/mol. The second kappa shape index (κ2) is 5.58. The predicted octanol–water partition coefficient (Wildman–Crippen LogP) is 2.79. The van der Waals surface area contributed by atoms with Gasteiger partial charge in [-0.25, -0.2) is 4.39 Å². The third-order valence-electron chi connectivity index (χ3n) is 3.52. The maximum Gasteiger partial charge on any atom is 0.165 e. The number of nitrogens with two attached hydrogens (primary N) is 1. The highest BCUT2D eigenvalue weighted by molar-refractivity contribution is 5.35. The van der Waals surface area contributed by atoms with Gasteiger partial charge in [0.15, 0.2) is 11.6 Å². The standard InChI is InChI=1S/C15H19FN2O/c1-11(18)9-12-3-2-4-13(16)14(12)19-10-15(5-6-15)7-8-17/h2-4,11H,5-7,9-10,18H2,1H3. The summed E-state index contributed by atoms with van der Waals surface area (Å²) >= 11 is 0. The summed E-state index contributed by atoms with van der Waals surface area (Å²) in [4.78, 5) is 0. The van der Waals surface area contributed by atoms with E-state index in [1.54, 1.807) is 6.07 Å². The molecule has 0 amide bonds. The van der Waals surface area contributed by atoms with Crippen molar-refractivity contribution in [1.29, 1.82) is 5.26 Å². The van der Waals surface area contributed by atoms with Crippen LogP contribution >= 0.6 is 0 Å². The van der Waals surface area contributed by atoms with Crippen LogP contribution in [0.1, 0.15) is 31.7 Å². The van der Waals surface area contributed by atoms with Crippen molar-refractivity contribution in [3.63, 3.8) is 0 Å². The molecule has 0 bridgehead atoms. The lowest BCUT2D eigenvalue weighted by atomic mass is 10.0. The van der Waals surface area contributed by atoms with Crippen LogP contribution in [-0.2, 0) is 6.42 Å². The van der Waals surface area contributed by atoms with Crippen LogP contribution in [0.25, 0.3) is 0 Å². The van der Waals surface area contributed by atoms with Crippen LogP contribution in [-0.4, -0.2) is 12.6 Å². The fourth-order valence-electron chi connectivity index (χ4n) is 2.16. The molecule has 1 fully saturated rings. The molecule has 0 radical (unpaired) electrons. The molecule has 102 valence electrons. The van der Waals surface area contributed by atoms with Gasteiger partial charge in [-0.1, -0.05) is 12.1 Å². The van der Waals surface area contributed by atoms with Crippen molar-refractivity contribution in [2.24, 2.45) is 11.1 Å². The number of para-hydroxylation sites is 1. The summed E-state index contributed by atoms with van der Waals surface area (Å²) in [7, 11) is 0. The number of benzene rings is 1. The van der Waals surface area contributed by atoms with Crippen molar-refractivity contribution >= 4 is 0 Å². The minimum atomic E-state index is -0.356. The summed E-state index contributed by atoms with van der Waals surface area (Å²) in [6, 6.07) is 7.03. The van der Waals surface area contributed by atoms with Crippen LogP contribution < -0.4 is 10.5 Å². The molecule has 0 saturated heterocycles. The first kappa shape index (κ1) is 13.8. The lowest BCUT2D eigenvalue weighted by molar-refractivity contribution is 0.225. The highest BCUT2D eigenvalue weighted by atomic mass is 19.1. The van der Waals surface area contributed by atoms with Gasteiger partial charge in [0, 0.05) is 17.9 Å². The van der Waals surface area contributed by atoms with Gasteiger partial charge in [0.25, 0.3) is 0 Å². The van der Waals surface area contributed by atoms with Gasteiger partial charge in [0.05, 0.1) is 12.7 Å². The number of hydrogen-bond donors (Lipinski definition) is 1. The number of ether oxygens (including phenoxy) is 1. The third kappa shape index (κ3) is 3.45. The first-order valence-electron chi connectivity index (χ1n) is 6.59. The minimum absolute atomic E-state index is 0.0434. The fourth-order valence-corrected chi connectivity index (χ4v) is 2.16. The SMILES string of the molecule is CC(N)Cc1cccc(F)c1OCC1(CC#N)CC1. The van der Waals surface area contributed by atoms with E-state index in [0.717, 1.165) is 18.4 Å². The van der Waals surface area contributed by atoms with E-state index < -0.39 is 0 Å². The second-order valence-corrected chi connectivity index (χ2v) is 5.53. The normalized spacial score (nSPS) is 17.6. The van der Waals surface area contributed by atoms with Gasteiger partial charge < -0.3 is 10.5 Å². The Morgan fingerprint density at radius 1 is 1.53 bits per heavy atom. The summed E-state index contributed by atoms with van der Waals surface area (Å²) in [6.45, 7) is 2.29. The van der Waals surface area contributed by atoms with Crippen LogP contribution in [0.2, 0.25) is 0 Å². The Bertz CT molecular complexity index is 489.